The third-order valence-corrected chi connectivity index (χ3v) is 4.50. The van der Waals surface area contributed by atoms with Crippen molar-refractivity contribution >= 4 is 17.7 Å². The van der Waals surface area contributed by atoms with Crippen LogP contribution in [0.25, 0.3) is 0 Å². The fraction of sp³-hybridized carbons (Fsp3) is 0.286. The van der Waals surface area contributed by atoms with Gasteiger partial charge in [0.15, 0.2) is 17.6 Å². The lowest BCUT2D eigenvalue weighted by Crippen LogP contribution is -2.34. The number of amides is 1. The fourth-order valence-corrected chi connectivity index (χ4v) is 2.71. The predicted octanol–water partition coefficient (Wildman–Crippen LogP) is 2.58. The molecule has 0 saturated carbocycles. The van der Waals surface area contributed by atoms with Crippen molar-refractivity contribution in [2.24, 2.45) is 0 Å². The van der Waals surface area contributed by atoms with Crippen molar-refractivity contribution in [3.63, 3.8) is 0 Å². The number of hydrogen-bond acceptors (Lipinski definition) is 6. The summed E-state index contributed by atoms with van der Waals surface area (Å²) in [7, 11) is 0. The van der Waals surface area contributed by atoms with Crippen LogP contribution in [0.3, 0.4) is 0 Å². The molecule has 0 aromatic heterocycles. The van der Waals surface area contributed by atoms with Crippen LogP contribution in [-0.4, -0.2) is 37.1 Å². The summed E-state index contributed by atoms with van der Waals surface area (Å²) in [5.74, 6) is -0.404. The Morgan fingerprint density at radius 3 is 2.46 bits per heavy atom. The maximum atomic E-state index is 12.4. The summed E-state index contributed by atoms with van der Waals surface area (Å²) in [5.41, 5.74) is 2.87. The summed E-state index contributed by atoms with van der Waals surface area (Å²) in [4.78, 5) is 36.6. The van der Waals surface area contributed by atoms with E-state index in [1.54, 1.807) is 24.3 Å². The lowest BCUT2D eigenvalue weighted by molar-refractivity contribution is -0.145. The second-order valence-electron chi connectivity index (χ2n) is 6.55. The van der Waals surface area contributed by atoms with Gasteiger partial charge in [0.2, 0.25) is 12.6 Å². The molecule has 0 radical (unpaired) electrons. The van der Waals surface area contributed by atoms with Crippen LogP contribution in [0, 0.1) is 13.8 Å². The number of aryl methyl sites for hydroxylation is 2. The lowest BCUT2D eigenvalue weighted by atomic mass is 10.0. The number of ether oxygens (including phenoxy) is 3. The van der Waals surface area contributed by atoms with Crippen molar-refractivity contribution in [1.82, 2.24) is 5.32 Å². The molecule has 0 saturated heterocycles. The molecule has 0 spiro atoms. The topological polar surface area (TPSA) is 90.9 Å². The maximum absolute atomic E-state index is 12.4. The summed E-state index contributed by atoms with van der Waals surface area (Å²) in [6.45, 7) is 5.14. The number of esters is 1. The zero-order chi connectivity index (χ0) is 20.3. The molecule has 146 valence electrons. The van der Waals surface area contributed by atoms with Gasteiger partial charge in [-0.3, -0.25) is 14.4 Å². The molecule has 28 heavy (non-hydrogen) atoms. The van der Waals surface area contributed by atoms with Crippen LogP contribution in [-0.2, 0) is 9.53 Å². The molecule has 2 aromatic carbocycles. The second kappa shape index (κ2) is 8.12. The Kier molecular flexibility index (Phi) is 5.63. The highest BCUT2D eigenvalue weighted by molar-refractivity contribution is 6.01. The van der Waals surface area contributed by atoms with E-state index in [0.717, 1.165) is 11.1 Å². The molecular weight excluding hydrogens is 362 g/mol. The number of benzene rings is 2. The molecule has 1 heterocycles. The van der Waals surface area contributed by atoms with E-state index >= 15 is 0 Å². The number of fused-ring (bicyclic) bond motifs is 1. The summed E-state index contributed by atoms with van der Waals surface area (Å²) in [6, 6.07) is 10.1. The lowest BCUT2D eigenvalue weighted by Gasteiger charge is -2.13. The normalized spacial score (nSPS) is 13.0. The van der Waals surface area contributed by atoms with Gasteiger partial charge in [-0.1, -0.05) is 12.1 Å². The minimum absolute atomic E-state index is 0.110. The van der Waals surface area contributed by atoms with Gasteiger partial charge in [-0.15, -0.1) is 0 Å². The number of rotatable bonds is 6. The summed E-state index contributed by atoms with van der Waals surface area (Å²) >= 11 is 0. The van der Waals surface area contributed by atoms with Crippen molar-refractivity contribution in [2.75, 3.05) is 13.3 Å². The Morgan fingerprint density at radius 1 is 1.00 bits per heavy atom. The van der Waals surface area contributed by atoms with Crippen LogP contribution < -0.4 is 14.8 Å². The summed E-state index contributed by atoms with van der Waals surface area (Å²) in [5, 5.41) is 2.47. The minimum atomic E-state index is -0.947. The van der Waals surface area contributed by atoms with Crippen LogP contribution in [0.15, 0.2) is 36.4 Å². The number of Topliss-reactive ketones (excluding diaryl/α,β-unsaturated/α-hetero) is 1. The molecule has 0 unspecified atom stereocenters. The molecule has 2 aromatic rings. The molecule has 7 nitrogen and oxygen atoms in total. The van der Waals surface area contributed by atoms with E-state index in [4.69, 9.17) is 14.2 Å². The van der Waals surface area contributed by atoms with Crippen molar-refractivity contribution in [3.8, 4) is 11.5 Å². The van der Waals surface area contributed by atoms with Gasteiger partial charge in [0, 0.05) is 11.1 Å². The van der Waals surface area contributed by atoms with E-state index in [2.05, 4.69) is 5.32 Å². The zero-order valence-corrected chi connectivity index (χ0v) is 15.9. The van der Waals surface area contributed by atoms with Gasteiger partial charge >= 0.3 is 5.97 Å². The number of ketones is 1. The molecule has 0 fully saturated rings. The number of nitrogens with one attached hydrogen (secondary N) is 1. The monoisotopic (exact) mass is 383 g/mol. The maximum Gasteiger partial charge on any atom is 0.326 e. The SMILES string of the molecule is Cc1ccc(C(=O)[C@H](C)OC(=O)CNC(=O)c2ccc3c(c2)OCO3)cc1C. The third kappa shape index (κ3) is 4.31. The van der Waals surface area contributed by atoms with Crippen LogP contribution in [0.1, 0.15) is 38.8 Å². The number of hydrogen-bond donors (Lipinski definition) is 1. The minimum Gasteiger partial charge on any atom is -0.454 e. The largest absolute Gasteiger partial charge is 0.454 e. The van der Waals surface area contributed by atoms with Crippen LogP contribution in [0.5, 0.6) is 11.5 Å². The molecule has 1 aliphatic heterocycles. The highest BCUT2D eigenvalue weighted by atomic mass is 16.7. The second-order valence-corrected chi connectivity index (χ2v) is 6.55. The molecule has 1 aliphatic rings. The molecule has 0 bridgehead atoms. The van der Waals surface area contributed by atoms with E-state index in [0.29, 0.717) is 22.6 Å². The van der Waals surface area contributed by atoms with Gasteiger partial charge < -0.3 is 19.5 Å². The molecule has 1 N–H and O–H groups in total. The van der Waals surface area contributed by atoms with Gasteiger partial charge in [0.1, 0.15) is 6.54 Å². The van der Waals surface area contributed by atoms with Crippen molar-refractivity contribution in [1.29, 1.82) is 0 Å². The predicted molar refractivity (Wildman–Crippen MR) is 101 cm³/mol. The summed E-state index contributed by atoms with van der Waals surface area (Å²) in [6.07, 6.45) is -0.947. The highest BCUT2D eigenvalue weighted by Gasteiger charge is 2.21. The Hall–Kier alpha value is -3.35. The van der Waals surface area contributed by atoms with E-state index in [1.165, 1.54) is 13.0 Å². The number of carbonyl (C=O) groups excluding carboxylic acids is 3. The highest BCUT2D eigenvalue weighted by Crippen LogP contribution is 2.32. The first-order valence-electron chi connectivity index (χ1n) is 8.84. The van der Waals surface area contributed by atoms with Gasteiger partial charge in [-0.2, -0.15) is 0 Å². The smallest absolute Gasteiger partial charge is 0.326 e. The van der Waals surface area contributed by atoms with Crippen molar-refractivity contribution in [2.45, 2.75) is 26.9 Å². The molecule has 1 atom stereocenters. The molecule has 7 heteroatoms. The number of carbonyl (C=O) groups is 3. The Labute approximate surface area is 162 Å². The van der Waals surface area contributed by atoms with Crippen LogP contribution in [0.4, 0.5) is 0 Å². The molecular formula is C21H21NO6. The van der Waals surface area contributed by atoms with Crippen LogP contribution >= 0.6 is 0 Å². The first-order valence-corrected chi connectivity index (χ1v) is 8.84. The van der Waals surface area contributed by atoms with Gasteiger partial charge in [0.05, 0.1) is 0 Å². The Bertz CT molecular complexity index is 936. The fourth-order valence-electron chi connectivity index (χ4n) is 2.71. The standard InChI is InChI=1S/C21H21NO6/c1-12-4-5-15(8-13(12)2)20(24)14(3)28-19(23)10-22-21(25)16-6-7-17-18(9-16)27-11-26-17/h4-9,14H,10-11H2,1-3H3,(H,22,25)/t14-/m0/s1. The first-order chi connectivity index (χ1) is 13.3. The Balaban J connectivity index is 1.52. The van der Waals surface area contributed by atoms with Crippen LogP contribution in [0.2, 0.25) is 0 Å². The quantitative estimate of drug-likeness (QED) is 0.609. The van der Waals surface area contributed by atoms with Crippen molar-refractivity contribution in [3.05, 3.63) is 58.7 Å². The van der Waals surface area contributed by atoms with E-state index in [-0.39, 0.29) is 19.1 Å². The van der Waals surface area contributed by atoms with E-state index in [1.807, 2.05) is 19.9 Å². The molecule has 1 amide bonds. The van der Waals surface area contributed by atoms with Gasteiger partial charge in [-0.05, 0) is 56.2 Å². The average molecular weight is 383 g/mol. The average Bonchev–Trinajstić information content (AvgIpc) is 3.15. The van der Waals surface area contributed by atoms with E-state index < -0.39 is 18.0 Å². The van der Waals surface area contributed by atoms with Crippen molar-refractivity contribution < 1.29 is 28.6 Å². The zero-order valence-electron chi connectivity index (χ0n) is 15.9. The third-order valence-electron chi connectivity index (χ3n) is 4.50. The Morgan fingerprint density at radius 2 is 1.71 bits per heavy atom. The van der Waals surface area contributed by atoms with Gasteiger partial charge in [-0.25, -0.2) is 0 Å². The molecule has 0 aliphatic carbocycles. The molecule has 3 rings (SSSR count). The van der Waals surface area contributed by atoms with E-state index in [9.17, 15) is 14.4 Å². The van der Waals surface area contributed by atoms with Gasteiger partial charge in [0.25, 0.3) is 5.91 Å². The first kappa shape index (κ1) is 19.4. The summed E-state index contributed by atoms with van der Waals surface area (Å²) < 4.78 is 15.6.